The molecule has 0 fully saturated rings. The van der Waals surface area contributed by atoms with Crippen LogP contribution in [-0.4, -0.2) is 24.5 Å². The fourth-order valence-corrected chi connectivity index (χ4v) is 1.47. The highest BCUT2D eigenvalue weighted by molar-refractivity contribution is 6.30. The summed E-state index contributed by atoms with van der Waals surface area (Å²) in [5.74, 6) is 0. The van der Waals surface area contributed by atoms with Crippen LogP contribution < -0.4 is 4.90 Å². The van der Waals surface area contributed by atoms with Crippen LogP contribution >= 0.6 is 11.6 Å². The topological polar surface area (TPSA) is 46.6 Å². The average Bonchev–Trinajstić information content (AvgIpc) is 2.23. The fourth-order valence-electron chi connectivity index (χ4n) is 1.29. The summed E-state index contributed by atoms with van der Waals surface area (Å²) in [6.45, 7) is 5.07. The van der Waals surface area contributed by atoms with E-state index >= 15 is 0 Å². The zero-order valence-electron chi connectivity index (χ0n) is 10.6. The van der Waals surface area contributed by atoms with E-state index in [2.05, 4.69) is 0 Å². The summed E-state index contributed by atoms with van der Waals surface area (Å²) >= 11 is 5.85. The second-order valence-electron chi connectivity index (χ2n) is 4.69. The molecule has 97 valence electrons. The number of hydrogen-bond acceptors (Lipinski definition) is 3. The zero-order chi connectivity index (χ0) is 13.8. The van der Waals surface area contributed by atoms with Gasteiger partial charge in [0.2, 0.25) is 6.29 Å². The third-order valence-electron chi connectivity index (χ3n) is 1.96. The second kappa shape index (κ2) is 5.87. The molecule has 1 aromatic carbocycles. The Morgan fingerprint density at radius 3 is 2.61 bits per heavy atom. The van der Waals surface area contributed by atoms with Crippen LogP contribution in [-0.2, 0) is 9.53 Å². The molecule has 0 spiro atoms. The molecule has 1 amide bonds. The van der Waals surface area contributed by atoms with Crippen LogP contribution in [0.3, 0.4) is 0 Å². The molecule has 0 saturated carbocycles. The van der Waals surface area contributed by atoms with Gasteiger partial charge in [0.1, 0.15) is 5.60 Å². The number of amides is 1. The first kappa shape index (κ1) is 14.5. The maximum atomic E-state index is 11.9. The molecule has 0 aliphatic carbocycles. The first-order valence-corrected chi connectivity index (χ1v) is 5.82. The molecule has 1 radical (unpaired) electrons. The molecule has 18 heavy (non-hydrogen) atoms. The van der Waals surface area contributed by atoms with Gasteiger partial charge in [-0.2, -0.15) is 0 Å². The molecule has 0 bridgehead atoms. The van der Waals surface area contributed by atoms with E-state index in [-0.39, 0.29) is 6.54 Å². The Kier molecular flexibility index (Phi) is 4.73. The van der Waals surface area contributed by atoms with Crippen molar-refractivity contribution >= 4 is 29.7 Å². The largest absolute Gasteiger partial charge is 0.443 e. The quantitative estimate of drug-likeness (QED) is 0.846. The highest BCUT2D eigenvalue weighted by atomic mass is 35.5. The SMILES string of the molecule is CC(C)(C)OC(=O)N(C[C]=O)c1cccc(Cl)c1. The monoisotopic (exact) mass is 268 g/mol. The van der Waals surface area contributed by atoms with Gasteiger partial charge < -0.3 is 4.74 Å². The van der Waals surface area contributed by atoms with Crippen molar-refractivity contribution in [2.24, 2.45) is 0 Å². The van der Waals surface area contributed by atoms with Gasteiger partial charge in [-0.25, -0.2) is 4.79 Å². The molecule has 1 aromatic rings. The van der Waals surface area contributed by atoms with Gasteiger partial charge >= 0.3 is 6.09 Å². The maximum Gasteiger partial charge on any atom is 0.415 e. The molecule has 0 N–H and O–H groups in total. The number of benzene rings is 1. The van der Waals surface area contributed by atoms with Gasteiger partial charge in [-0.15, -0.1) is 0 Å². The number of carbonyl (C=O) groups excluding carboxylic acids is 2. The van der Waals surface area contributed by atoms with Gasteiger partial charge in [-0.1, -0.05) is 17.7 Å². The van der Waals surface area contributed by atoms with Crippen molar-refractivity contribution < 1.29 is 14.3 Å². The molecule has 5 heteroatoms. The highest BCUT2D eigenvalue weighted by Gasteiger charge is 2.23. The lowest BCUT2D eigenvalue weighted by atomic mass is 10.2. The maximum absolute atomic E-state index is 11.9. The molecule has 0 unspecified atom stereocenters. The van der Waals surface area contributed by atoms with E-state index in [1.807, 2.05) is 0 Å². The molecule has 0 aliphatic rings. The van der Waals surface area contributed by atoms with Crippen LogP contribution in [0.15, 0.2) is 24.3 Å². The molecule has 0 atom stereocenters. The summed E-state index contributed by atoms with van der Waals surface area (Å²) in [6, 6.07) is 6.64. The molecular formula is C13H15ClNO3. The van der Waals surface area contributed by atoms with Crippen LogP contribution in [0.2, 0.25) is 5.02 Å². The smallest absolute Gasteiger partial charge is 0.415 e. The van der Waals surface area contributed by atoms with Crippen LogP contribution in [0.1, 0.15) is 20.8 Å². The summed E-state index contributed by atoms with van der Waals surface area (Å²) in [5, 5.41) is 0.479. The van der Waals surface area contributed by atoms with Gasteiger partial charge in [0.25, 0.3) is 0 Å². The summed E-state index contributed by atoms with van der Waals surface area (Å²) in [6.07, 6.45) is 1.08. The van der Waals surface area contributed by atoms with E-state index in [9.17, 15) is 9.59 Å². The number of halogens is 1. The summed E-state index contributed by atoms with van der Waals surface area (Å²) < 4.78 is 5.21. The van der Waals surface area contributed by atoms with Gasteiger partial charge in [0.15, 0.2) is 0 Å². The minimum absolute atomic E-state index is 0.199. The average molecular weight is 269 g/mol. The minimum atomic E-state index is -0.628. The van der Waals surface area contributed by atoms with Gasteiger partial charge in [-0.3, -0.25) is 9.69 Å². The predicted octanol–water partition coefficient (Wildman–Crippen LogP) is 3.19. The Morgan fingerprint density at radius 2 is 2.11 bits per heavy atom. The van der Waals surface area contributed by atoms with Crippen molar-refractivity contribution in [2.75, 3.05) is 11.4 Å². The van der Waals surface area contributed by atoms with Crippen molar-refractivity contribution in [3.05, 3.63) is 29.3 Å². The molecule has 0 saturated heterocycles. The Bertz CT molecular complexity index is 440. The van der Waals surface area contributed by atoms with Gasteiger partial charge in [-0.05, 0) is 39.0 Å². The van der Waals surface area contributed by atoms with E-state index in [1.54, 1.807) is 51.3 Å². The molecule has 0 heterocycles. The Morgan fingerprint density at radius 1 is 1.44 bits per heavy atom. The number of hydrogen-bond donors (Lipinski definition) is 0. The van der Waals surface area contributed by atoms with E-state index in [1.165, 1.54) is 4.90 Å². The number of ether oxygens (including phenoxy) is 1. The van der Waals surface area contributed by atoms with Crippen LogP contribution in [0.4, 0.5) is 10.5 Å². The van der Waals surface area contributed by atoms with Crippen molar-refractivity contribution in [2.45, 2.75) is 26.4 Å². The van der Waals surface area contributed by atoms with Crippen LogP contribution in [0.25, 0.3) is 0 Å². The molecule has 0 aliphatic heterocycles. The van der Waals surface area contributed by atoms with Crippen LogP contribution in [0, 0.1) is 0 Å². The summed E-state index contributed by atoms with van der Waals surface area (Å²) in [4.78, 5) is 23.7. The van der Waals surface area contributed by atoms with Crippen molar-refractivity contribution in [3.8, 4) is 0 Å². The zero-order valence-corrected chi connectivity index (χ0v) is 11.3. The predicted molar refractivity (Wildman–Crippen MR) is 70.7 cm³/mol. The lowest BCUT2D eigenvalue weighted by molar-refractivity contribution is 0.0585. The van der Waals surface area contributed by atoms with Crippen molar-refractivity contribution in [1.29, 1.82) is 0 Å². The van der Waals surface area contributed by atoms with Gasteiger partial charge in [0.05, 0.1) is 6.54 Å². The van der Waals surface area contributed by atoms with E-state index in [0.717, 1.165) is 0 Å². The van der Waals surface area contributed by atoms with E-state index < -0.39 is 11.7 Å². The van der Waals surface area contributed by atoms with E-state index in [0.29, 0.717) is 10.7 Å². The first-order valence-electron chi connectivity index (χ1n) is 5.44. The fraction of sp³-hybridized carbons (Fsp3) is 0.385. The number of nitrogens with zero attached hydrogens (tertiary/aromatic N) is 1. The Balaban J connectivity index is 2.95. The van der Waals surface area contributed by atoms with Gasteiger partial charge in [0, 0.05) is 10.7 Å². The van der Waals surface area contributed by atoms with E-state index in [4.69, 9.17) is 16.3 Å². The molecule has 1 rings (SSSR count). The van der Waals surface area contributed by atoms with Crippen LogP contribution in [0.5, 0.6) is 0 Å². The summed E-state index contributed by atoms with van der Waals surface area (Å²) in [5.41, 5.74) is -0.128. The van der Waals surface area contributed by atoms with Crippen molar-refractivity contribution in [1.82, 2.24) is 0 Å². The lowest BCUT2D eigenvalue weighted by Gasteiger charge is -2.26. The molecular weight excluding hydrogens is 254 g/mol. The molecule has 0 aromatic heterocycles. The first-order chi connectivity index (χ1) is 8.33. The Labute approximate surface area is 111 Å². The summed E-state index contributed by atoms with van der Waals surface area (Å²) in [7, 11) is 0. The normalized spacial score (nSPS) is 10.9. The highest BCUT2D eigenvalue weighted by Crippen LogP contribution is 2.21. The second-order valence-corrected chi connectivity index (χ2v) is 5.13. The number of anilines is 1. The molecule has 4 nitrogen and oxygen atoms in total. The lowest BCUT2D eigenvalue weighted by Crippen LogP contribution is -2.38. The Hall–Kier alpha value is -1.55. The third-order valence-corrected chi connectivity index (χ3v) is 2.19. The number of carbonyl (C=O) groups is 1. The minimum Gasteiger partial charge on any atom is -0.443 e. The van der Waals surface area contributed by atoms with Crippen molar-refractivity contribution in [3.63, 3.8) is 0 Å². The third kappa shape index (κ3) is 4.37. The standard InChI is InChI=1S/C13H15ClNO3/c1-13(2,3)18-12(17)15(7-8-16)11-6-4-5-10(14)9-11/h4-6,9H,7H2,1-3H3. The number of rotatable bonds is 3.